The molecule has 1 aromatic heterocycles. The van der Waals surface area contributed by atoms with E-state index in [1.54, 1.807) is 11.8 Å². The quantitative estimate of drug-likeness (QED) is 0.628. The topological polar surface area (TPSA) is 70.9 Å². The molecule has 0 spiro atoms. The standard InChI is InChI=1S/C27H37N5O3/c1-19-28-25-18-29(20(2)33)15-12-26(25)32(19)24-16-22-10-11-23(17-24)30(22)13-7-14-31(27(34)35-3)21-8-5-4-6-9-21/h4-6,8-9,22-24H,7,10-18H2,1-3H3/t22-,23-/m1/s1. The number of methoxy groups -OCH3 is 1. The lowest BCUT2D eigenvalue weighted by Crippen LogP contribution is -2.45. The molecule has 0 radical (unpaired) electrons. The summed E-state index contributed by atoms with van der Waals surface area (Å²) in [5.74, 6) is 1.22. The van der Waals surface area contributed by atoms with E-state index in [-0.39, 0.29) is 12.0 Å². The Morgan fingerprint density at radius 3 is 2.49 bits per heavy atom. The van der Waals surface area contributed by atoms with Crippen molar-refractivity contribution in [2.24, 2.45) is 0 Å². The molecule has 5 rings (SSSR count). The number of aryl methyl sites for hydroxylation is 1. The molecule has 2 bridgehead atoms. The van der Waals surface area contributed by atoms with Gasteiger partial charge in [-0.1, -0.05) is 18.2 Å². The smallest absolute Gasteiger partial charge is 0.413 e. The van der Waals surface area contributed by atoms with Crippen LogP contribution in [0.15, 0.2) is 30.3 Å². The molecule has 35 heavy (non-hydrogen) atoms. The number of hydrogen-bond acceptors (Lipinski definition) is 5. The molecule has 0 unspecified atom stereocenters. The Morgan fingerprint density at radius 1 is 1.11 bits per heavy atom. The summed E-state index contributed by atoms with van der Waals surface area (Å²) in [6.07, 6.45) is 6.30. The van der Waals surface area contributed by atoms with Crippen molar-refractivity contribution in [2.45, 2.75) is 77.0 Å². The van der Waals surface area contributed by atoms with Gasteiger partial charge < -0.3 is 14.2 Å². The van der Waals surface area contributed by atoms with E-state index in [9.17, 15) is 9.59 Å². The Hall–Kier alpha value is -2.87. The second-order valence-electron chi connectivity index (χ2n) is 10.2. The molecule has 188 valence electrons. The molecular formula is C27H37N5O3. The highest BCUT2D eigenvalue weighted by Crippen LogP contribution is 2.42. The van der Waals surface area contributed by atoms with E-state index in [0.717, 1.165) is 56.0 Å². The average molecular weight is 480 g/mol. The zero-order chi connectivity index (χ0) is 24.5. The highest BCUT2D eigenvalue weighted by molar-refractivity contribution is 5.87. The predicted molar refractivity (Wildman–Crippen MR) is 134 cm³/mol. The minimum absolute atomic E-state index is 0.132. The second kappa shape index (κ2) is 10.0. The zero-order valence-electron chi connectivity index (χ0n) is 21.2. The van der Waals surface area contributed by atoms with E-state index >= 15 is 0 Å². The Labute approximate surface area is 207 Å². The molecule has 1 aromatic carbocycles. The maximum absolute atomic E-state index is 12.4. The van der Waals surface area contributed by atoms with Crippen molar-refractivity contribution < 1.29 is 14.3 Å². The number of carbonyl (C=O) groups is 2. The van der Waals surface area contributed by atoms with Gasteiger partial charge in [-0.15, -0.1) is 0 Å². The summed E-state index contributed by atoms with van der Waals surface area (Å²) >= 11 is 0. The van der Waals surface area contributed by atoms with Gasteiger partial charge in [0.05, 0.1) is 19.3 Å². The van der Waals surface area contributed by atoms with Crippen molar-refractivity contribution in [3.63, 3.8) is 0 Å². The molecule has 0 N–H and O–H groups in total. The molecule has 2 saturated heterocycles. The first-order chi connectivity index (χ1) is 17.0. The monoisotopic (exact) mass is 479 g/mol. The number of aromatic nitrogens is 2. The Bertz CT molecular complexity index is 1050. The number of benzene rings is 1. The average Bonchev–Trinajstić information content (AvgIpc) is 3.31. The maximum atomic E-state index is 12.4. The van der Waals surface area contributed by atoms with Gasteiger partial charge >= 0.3 is 6.09 Å². The van der Waals surface area contributed by atoms with Crippen LogP contribution in [0.3, 0.4) is 0 Å². The van der Waals surface area contributed by atoms with Crippen LogP contribution in [0.2, 0.25) is 0 Å². The molecule has 0 aliphatic carbocycles. The number of hydrogen-bond donors (Lipinski definition) is 0. The second-order valence-corrected chi connectivity index (χ2v) is 10.2. The molecule has 8 nitrogen and oxygen atoms in total. The summed E-state index contributed by atoms with van der Waals surface area (Å²) in [4.78, 5) is 35.4. The number of amides is 2. The molecule has 2 atom stereocenters. The van der Waals surface area contributed by atoms with Crippen molar-refractivity contribution in [3.05, 3.63) is 47.5 Å². The summed E-state index contributed by atoms with van der Waals surface area (Å²) in [7, 11) is 1.44. The van der Waals surface area contributed by atoms with Gasteiger partial charge in [-0.05, 0) is 51.2 Å². The van der Waals surface area contributed by atoms with Crippen LogP contribution in [0.4, 0.5) is 10.5 Å². The Kier molecular flexibility index (Phi) is 6.82. The maximum Gasteiger partial charge on any atom is 0.413 e. The van der Waals surface area contributed by atoms with Gasteiger partial charge in [-0.3, -0.25) is 14.6 Å². The van der Waals surface area contributed by atoms with Gasteiger partial charge in [0.2, 0.25) is 5.91 Å². The van der Waals surface area contributed by atoms with Gasteiger partial charge in [0.25, 0.3) is 0 Å². The normalized spacial score (nSPS) is 23.7. The van der Waals surface area contributed by atoms with Gasteiger partial charge in [-0.2, -0.15) is 0 Å². The largest absolute Gasteiger partial charge is 0.452 e. The highest BCUT2D eigenvalue weighted by Gasteiger charge is 2.42. The van der Waals surface area contributed by atoms with Crippen LogP contribution in [-0.2, 0) is 22.5 Å². The van der Waals surface area contributed by atoms with Crippen LogP contribution in [-0.4, -0.2) is 70.2 Å². The SMILES string of the molecule is COC(=O)N(CCCN1[C@@H]2CC[C@@H]1CC(n1c(C)nc3c1CCN(C(C)=O)C3)C2)c1ccccc1. The fourth-order valence-corrected chi connectivity index (χ4v) is 6.57. The van der Waals surface area contributed by atoms with Crippen LogP contribution in [0.5, 0.6) is 0 Å². The van der Waals surface area contributed by atoms with Crippen LogP contribution < -0.4 is 4.90 Å². The lowest BCUT2D eigenvalue weighted by Gasteiger charge is -2.41. The van der Waals surface area contributed by atoms with Crippen molar-refractivity contribution in [1.29, 1.82) is 0 Å². The molecule has 8 heteroatoms. The van der Waals surface area contributed by atoms with E-state index < -0.39 is 0 Å². The molecule has 4 heterocycles. The summed E-state index contributed by atoms with van der Waals surface area (Å²) in [5.41, 5.74) is 3.31. The number of imidazole rings is 1. The summed E-state index contributed by atoms with van der Waals surface area (Å²) < 4.78 is 7.54. The van der Waals surface area contributed by atoms with E-state index in [0.29, 0.717) is 31.2 Å². The number of carbonyl (C=O) groups excluding carboxylic acids is 2. The number of fused-ring (bicyclic) bond motifs is 3. The first-order valence-corrected chi connectivity index (χ1v) is 12.9. The van der Waals surface area contributed by atoms with Gasteiger partial charge in [0.1, 0.15) is 5.82 Å². The van der Waals surface area contributed by atoms with Crippen LogP contribution in [0.1, 0.15) is 62.3 Å². The van der Waals surface area contributed by atoms with Crippen LogP contribution >= 0.6 is 0 Å². The fraction of sp³-hybridized carbons (Fsp3) is 0.593. The molecule has 0 saturated carbocycles. The van der Waals surface area contributed by atoms with Crippen LogP contribution in [0, 0.1) is 6.92 Å². The van der Waals surface area contributed by atoms with E-state index in [4.69, 9.17) is 9.72 Å². The number of para-hydroxylation sites is 1. The molecule has 2 fully saturated rings. The van der Waals surface area contributed by atoms with Gasteiger partial charge in [0, 0.05) is 62.5 Å². The number of nitrogens with zero attached hydrogens (tertiary/aromatic N) is 5. The van der Waals surface area contributed by atoms with Crippen molar-refractivity contribution in [2.75, 3.05) is 31.6 Å². The molecule has 3 aliphatic heterocycles. The number of rotatable bonds is 6. The van der Waals surface area contributed by atoms with E-state index in [1.165, 1.54) is 25.6 Å². The Balaban J connectivity index is 1.23. The van der Waals surface area contributed by atoms with Gasteiger partial charge in [0.15, 0.2) is 0 Å². The van der Waals surface area contributed by atoms with Crippen molar-refractivity contribution >= 4 is 17.7 Å². The number of ether oxygens (including phenoxy) is 1. The highest BCUT2D eigenvalue weighted by atomic mass is 16.5. The third kappa shape index (κ3) is 4.68. The zero-order valence-corrected chi connectivity index (χ0v) is 21.2. The Morgan fingerprint density at radius 2 is 1.83 bits per heavy atom. The first kappa shape index (κ1) is 23.9. The molecular weight excluding hydrogens is 442 g/mol. The molecule has 3 aliphatic rings. The summed E-state index contributed by atoms with van der Waals surface area (Å²) in [6, 6.07) is 11.4. The number of anilines is 1. The van der Waals surface area contributed by atoms with Gasteiger partial charge in [-0.25, -0.2) is 9.78 Å². The summed E-state index contributed by atoms with van der Waals surface area (Å²) in [6.45, 7) is 6.84. The third-order valence-electron chi connectivity index (χ3n) is 8.16. The fourth-order valence-electron chi connectivity index (χ4n) is 6.57. The van der Waals surface area contributed by atoms with E-state index in [1.807, 2.05) is 35.2 Å². The third-order valence-corrected chi connectivity index (χ3v) is 8.16. The lowest BCUT2D eigenvalue weighted by molar-refractivity contribution is -0.129. The first-order valence-electron chi connectivity index (χ1n) is 12.9. The van der Waals surface area contributed by atoms with Crippen molar-refractivity contribution in [3.8, 4) is 0 Å². The molecule has 2 aromatic rings. The minimum atomic E-state index is -0.304. The van der Waals surface area contributed by atoms with Crippen LogP contribution in [0.25, 0.3) is 0 Å². The van der Waals surface area contributed by atoms with Crippen molar-refractivity contribution in [1.82, 2.24) is 19.4 Å². The lowest BCUT2D eigenvalue weighted by atomic mass is 9.95. The molecule has 2 amide bonds. The predicted octanol–water partition coefficient (Wildman–Crippen LogP) is 3.93. The van der Waals surface area contributed by atoms with E-state index in [2.05, 4.69) is 16.4 Å². The number of piperidine rings is 1. The minimum Gasteiger partial charge on any atom is -0.452 e. The summed E-state index contributed by atoms with van der Waals surface area (Å²) in [5, 5.41) is 0.